The first-order valence-electron chi connectivity index (χ1n) is 7.72. The zero-order valence-corrected chi connectivity index (χ0v) is 14.3. The topological polar surface area (TPSA) is 61.8 Å². The Morgan fingerprint density at radius 3 is 1.92 bits per heavy atom. The van der Waals surface area contributed by atoms with Gasteiger partial charge in [0.25, 0.3) is 0 Å². The van der Waals surface area contributed by atoms with E-state index in [1.165, 1.54) is 6.26 Å². The van der Waals surface area contributed by atoms with E-state index in [0.717, 1.165) is 23.5 Å². The van der Waals surface area contributed by atoms with Crippen molar-refractivity contribution in [2.75, 3.05) is 0 Å². The van der Waals surface area contributed by atoms with Gasteiger partial charge in [-0.15, -0.1) is 0 Å². The summed E-state index contributed by atoms with van der Waals surface area (Å²) in [7, 11) is 0. The number of ether oxygens (including phenoxy) is 3. The van der Waals surface area contributed by atoms with Gasteiger partial charge < -0.3 is 14.2 Å². The molecule has 0 amide bonds. The van der Waals surface area contributed by atoms with Gasteiger partial charge in [0.1, 0.15) is 24.0 Å². The predicted octanol–water partition coefficient (Wildman–Crippen LogP) is 4.41. The molecule has 0 atom stereocenters. The molecule has 0 aliphatic heterocycles. The van der Waals surface area contributed by atoms with E-state index in [2.05, 4.69) is 13.2 Å². The van der Waals surface area contributed by atoms with Crippen molar-refractivity contribution < 1.29 is 23.8 Å². The monoisotopic (exact) mass is 350 g/mol. The maximum absolute atomic E-state index is 11.2. The molecule has 0 aromatic heterocycles. The third-order valence-corrected chi connectivity index (χ3v) is 3.21. The first-order valence-corrected chi connectivity index (χ1v) is 7.72. The van der Waals surface area contributed by atoms with Crippen LogP contribution in [-0.2, 0) is 14.3 Å². The van der Waals surface area contributed by atoms with Gasteiger partial charge in [0.15, 0.2) is 0 Å². The molecule has 0 saturated carbocycles. The van der Waals surface area contributed by atoms with Crippen LogP contribution in [0.3, 0.4) is 0 Å². The zero-order valence-electron chi connectivity index (χ0n) is 14.3. The molecule has 0 spiro atoms. The maximum Gasteiger partial charge on any atom is 0.338 e. The van der Waals surface area contributed by atoms with Crippen LogP contribution in [-0.4, -0.2) is 11.9 Å². The van der Waals surface area contributed by atoms with Crippen LogP contribution < -0.4 is 9.47 Å². The van der Waals surface area contributed by atoms with Gasteiger partial charge in [0.2, 0.25) is 0 Å². The van der Waals surface area contributed by atoms with Crippen LogP contribution in [0.2, 0.25) is 0 Å². The van der Waals surface area contributed by atoms with E-state index in [9.17, 15) is 9.59 Å². The molecule has 5 nitrogen and oxygen atoms in total. The van der Waals surface area contributed by atoms with Crippen molar-refractivity contribution in [1.29, 1.82) is 0 Å². The Hall–Kier alpha value is -3.60. The molecular formula is C21H18O5. The van der Waals surface area contributed by atoms with Crippen LogP contribution in [0.1, 0.15) is 6.92 Å². The minimum atomic E-state index is -0.512. The predicted molar refractivity (Wildman–Crippen MR) is 98.4 cm³/mol. The van der Waals surface area contributed by atoms with Crippen molar-refractivity contribution in [2.45, 2.75) is 6.92 Å². The molecule has 2 aromatic carbocycles. The smallest absolute Gasteiger partial charge is 0.338 e. The summed E-state index contributed by atoms with van der Waals surface area (Å²) in [6, 6.07) is 14.4. The second kappa shape index (κ2) is 9.03. The highest BCUT2D eigenvalue weighted by Gasteiger charge is 2.02. The lowest BCUT2D eigenvalue weighted by atomic mass is 10.1. The lowest BCUT2D eigenvalue weighted by Gasteiger charge is -2.06. The lowest BCUT2D eigenvalue weighted by Crippen LogP contribution is -2.02. The number of esters is 2. The Kier molecular flexibility index (Phi) is 6.51. The quantitative estimate of drug-likeness (QED) is 0.320. The highest BCUT2D eigenvalue weighted by Crippen LogP contribution is 2.24. The Morgan fingerprint density at radius 1 is 0.885 bits per heavy atom. The molecule has 2 aromatic rings. The Morgan fingerprint density at radius 2 is 1.42 bits per heavy atom. The molecule has 0 aliphatic rings. The number of benzene rings is 2. The fourth-order valence-corrected chi connectivity index (χ4v) is 1.90. The fraction of sp³-hybridized carbons (Fsp3) is 0.0476. The molecule has 0 fully saturated rings. The molecule has 0 radical (unpaired) electrons. The average Bonchev–Trinajstić information content (AvgIpc) is 2.66. The SMILES string of the molecule is C=CC(=O)Oc1ccc(-c2ccc(OC=COC(=O)C(=C)C)cc2)cc1. The van der Waals surface area contributed by atoms with E-state index in [4.69, 9.17) is 14.2 Å². The normalized spacial score (nSPS) is 10.2. The summed E-state index contributed by atoms with van der Waals surface area (Å²) in [5.41, 5.74) is 2.24. The Balaban J connectivity index is 1.95. The first-order chi connectivity index (χ1) is 12.5. The molecule has 2 rings (SSSR count). The van der Waals surface area contributed by atoms with Crippen LogP contribution in [0.25, 0.3) is 11.1 Å². The molecule has 0 N–H and O–H groups in total. The summed E-state index contributed by atoms with van der Waals surface area (Å²) in [6.07, 6.45) is 3.55. The van der Waals surface area contributed by atoms with Gasteiger partial charge in [0.05, 0.1) is 0 Å². The highest BCUT2D eigenvalue weighted by molar-refractivity contribution is 5.87. The molecule has 0 bridgehead atoms. The van der Waals surface area contributed by atoms with Crippen molar-refractivity contribution in [1.82, 2.24) is 0 Å². The van der Waals surface area contributed by atoms with Crippen LogP contribution in [0.5, 0.6) is 11.5 Å². The summed E-state index contributed by atoms with van der Waals surface area (Å²) >= 11 is 0. The van der Waals surface area contributed by atoms with Crippen LogP contribution in [0.15, 0.2) is 85.9 Å². The average molecular weight is 350 g/mol. The second-order valence-corrected chi connectivity index (χ2v) is 5.25. The fourth-order valence-electron chi connectivity index (χ4n) is 1.90. The van der Waals surface area contributed by atoms with Gasteiger partial charge >= 0.3 is 11.9 Å². The standard InChI is InChI=1S/C21H18O5/c1-4-20(22)26-19-11-7-17(8-12-19)16-5-9-18(10-6-16)24-13-14-25-21(23)15(2)3/h4-14H,1-2H2,3H3. The van der Waals surface area contributed by atoms with Gasteiger partial charge in [0, 0.05) is 11.6 Å². The summed E-state index contributed by atoms with van der Waals surface area (Å²) in [5.74, 6) is 0.0320. The molecule has 132 valence electrons. The van der Waals surface area contributed by atoms with Crippen molar-refractivity contribution in [2.24, 2.45) is 0 Å². The molecule has 0 aliphatic carbocycles. The minimum absolute atomic E-state index is 0.310. The van der Waals surface area contributed by atoms with Crippen molar-refractivity contribution in [3.8, 4) is 22.6 Å². The van der Waals surface area contributed by atoms with Gasteiger partial charge in [-0.2, -0.15) is 0 Å². The van der Waals surface area contributed by atoms with Gasteiger partial charge in [-0.25, -0.2) is 9.59 Å². The van der Waals surface area contributed by atoms with Crippen LogP contribution in [0, 0.1) is 0 Å². The molecule has 0 unspecified atom stereocenters. The molecule has 0 heterocycles. The largest absolute Gasteiger partial charge is 0.462 e. The molecule has 26 heavy (non-hydrogen) atoms. The van der Waals surface area contributed by atoms with Gasteiger partial charge in [-0.05, 0) is 42.3 Å². The first kappa shape index (κ1) is 18.7. The third-order valence-electron chi connectivity index (χ3n) is 3.21. The Bertz CT molecular complexity index is 830. The minimum Gasteiger partial charge on any atom is -0.462 e. The Labute approximate surface area is 151 Å². The summed E-state index contributed by atoms with van der Waals surface area (Å²) < 4.78 is 15.2. The van der Waals surface area contributed by atoms with Gasteiger partial charge in [-0.3, -0.25) is 0 Å². The van der Waals surface area contributed by atoms with Crippen molar-refractivity contribution >= 4 is 11.9 Å². The van der Waals surface area contributed by atoms with E-state index in [1.54, 1.807) is 31.2 Å². The van der Waals surface area contributed by atoms with Crippen LogP contribution in [0.4, 0.5) is 0 Å². The van der Waals surface area contributed by atoms with E-state index >= 15 is 0 Å². The lowest BCUT2D eigenvalue weighted by molar-refractivity contribution is -0.133. The number of carbonyl (C=O) groups is 2. The van der Waals surface area contributed by atoms with Crippen molar-refractivity contribution in [3.63, 3.8) is 0 Å². The van der Waals surface area contributed by atoms with E-state index in [0.29, 0.717) is 17.1 Å². The summed E-state index contributed by atoms with van der Waals surface area (Å²) in [4.78, 5) is 22.4. The summed E-state index contributed by atoms with van der Waals surface area (Å²) in [6.45, 7) is 8.39. The number of carbonyl (C=O) groups excluding carboxylic acids is 2. The van der Waals surface area contributed by atoms with E-state index in [1.807, 2.05) is 24.3 Å². The van der Waals surface area contributed by atoms with E-state index < -0.39 is 11.9 Å². The maximum atomic E-state index is 11.2. The highest BCUT2D eigenvalue weighted by atomic mass is 16.5. The summed E-state index contributed by atoms with van der Waals surface area (Å²) in [5, 5.41) is 0. The van der Waals surface area contributed by atoms with Crippen molar-refractivity contribution in [3.05, 3.63) is 85.9 Å². The van der Waals surface area contributed by atoms with Gasteiger partial charge in [-0.1, -0.05) is 37.4 Å². The third kappa shape index (κ3) is 5.49. The second-order valence-electron chi connectivity index (χ2n) is 5.25. The van der Waals surface area contributed by atoms with Crippen LogP contribution >= 0.6 is 0 Å². The van der Waals surface area contributed by atoms with E-state index in [-0.39, 0.29) is 0 Å². The molecular weight excluding hydrogens is 332 g/mol. The zero-order chi connectivity index (χ0) is 18.9. The number of hydrogen-bond acceptors (Lipinski definition) is 5. The number of hydrogen-bond donors (Lipinski definition) is 0. The molecule has 5 heteroatoms. The molecule has 0 saturated heterocycles. The number of rotatable bonds is 7.